The molecule has 0 unspecified atom stereocenters. The Balaban J connectivity index is 1.70. The molecule has 0 radical (unpaired) electrons. The van der Waals surface area contributed by atoms with Gasteiger partial charge in [0.1, 0.15) is 11.5 Å². The number of methoxy groups -OCH3 is 2. The Morgan fingerprint density at radius 1 is 1.00 bits per heavy atom. The van der Waals surface area contributed by atoms with Crippen molar-refractivity contribution in [2.45, 2.75) is 26.8 Å². The van der Waals surface area contributed by atoms with Gasteiger partial charge in [0.15, 0.2) is 0 Å². The van der Waals surface area contributed by atoms with E-state index in [0.29, 0.717) is 23.0 Å². The highest BCUT2D eigenvalue weighted by Gasteiger charge is 2.36. The molecule has 7 heteroatoms. The molecule has 4 aromatic rings. The van der Waals surface area contributed by atoms with E-state index >= 15 is 0 Å². The Hall–Kier alpha value is -4.26. The second kappa shape index (κ2) is 8.83. The SMILES string of the molecule is COc1ccc([C@@H]2C(C(=O)Nc3ccc(C)cc3C)=C(C)Nc3nc4ccccc4n32)c(OC)c1. The lowest BCUT2D eigenvalue weighted by Crippen LogP contribution is -2.31. The van der Waals surface area contributed by atoms with Crippen molar-refractivity contribution in [1.29, 1.82) is 0 Å². The summed E-state index contributed by atoms with van der Waals surface area (Å²) in [7, 11) is 3.24. The molecular formula is C28H28N4O3. The highest BCUT2D eigenvalue weighted by molar-refractivity contribution is 6.07. The molecule has 5 rings (SSSR count). The van der Waals surface area contributed by atoms with Gasteiger partial charge < -0.3 is 20.1 Å². The fraction of sp³-hybridized carbons (Fsp3) is 0.214. The van der Waals surface area contributed by atoms with Crippen molar-refractivity contribution in [3.8, 4) is 11.5 Å². The second-order valence-corrected chi connectivity index (χ2v) is 8.74. The minimum absolute atomic E-state index is 0.187. The smallest absolute Gasteiger partial charge is 0.255 e. The topological polar surface area (TPSA) is 77.4 Å². The van der Waals surface area contributed by atoms with E-state index in [4.69, 9.17) is 14.5 Å². The summed E-state index contributed by atoms with van der Waals surface area (Å²) in [5, 5.41) is 6.49. The van der Waals surface area contributed by atoms with Crippen LogP contribution in [0.2, 0.25) is 0 Å². The van der Waals surface area contributed by atoms with Gasteiger partial charge in [0, 0.05) is 23.0 Å². The lowest BCUT2D eigenvalue weighted by atomic mass is 9.93. The van der Waals surface area contributed by atoms with E-state index in [1.807, 2.05) is 75.4 Å². The first-order valence-electron chi connectivity index (χ1n) is 11.5. The maximum atomic E-state index is 13.9. The molecule has 0 saturated heterocycles. The molecule has 0 aliphatic carbocycles. The van der Waals surface area contributed by atoms with Gasteiger partial charge in [-0.1, -0.05) is 29.8 Å². The highest BCUT2D eigenvalue weighted by Crippen LogP contribution is 2.43. The van der Waals surface area contributed by atoms with E-state index in [0.717, 1.165) is 39.1 Å². The number of hydrogen-bond acceptors (Lipinski definition) is 5. The quantitative estimate of drug-likeness (QED) is 0.399. The summed E-state index contributed by atoms with van der Waals surface area (Å²) in [6, 6.07) is 19.1. The molecule has 3 aromatic carbocycles. The Morgan fingerprint density at radius 3 is 2.54 bits per heavy atom. The molecule has 0 saturated carbocycles. The average molecular weight is 469 g/mol. The van der Waals surface area contributed by atoms with Gasteiger partial charge in [-0.2, -0.15) is 0 Å². The summed E-state index contributed by atoms with van der Waals surface area (Å²) in [6.45, 7) is 5.94. The molecule has 1 atom stereocenters. The van der Waals surface area contributed by atoms with Gasteiger partial charge in [-0.05, 0) is 56.7 Å². The number of amides is 1. The largest absolute Gasteiger partial charge is 0.497 e. The van der Waals surface area contributed by atoms with Gasteiger partial charge in [-0.15, -0.1) is 0 Å². The number of nitrogens with one attached hydrogen (secondary N) is 2. The van der Waals surface area contributed by atoms with Crippen molar-refractivity contribution in [3.63, 3.8) is 0 Å². The number of nitrogens with zero attached hydrogens (tertiary/aromatic N) is 2. The number of imidazole rings is 1. The molecule has 1 aromatic heterocycles. The third-order valence-corrected chi connectivity index (χ3v) is 6.44. The Bertz CT molecular complexity index is 1490. The summed E-state index contributed by atoms with van der Waals surface area (Å²) >= 11 is 0. The van der Waals surface area contributed by atoms with E-state index in [1.54, 1.807) is 14.2 Å². The molecular weight excluding hydrogens is 440 g/mol. The zero-order valence-corrected chi connectivity index (χ0v) is 20.5. The van der Waals surface area contributed by atoms with Gasteiger partial charge in [-0.3, -0.25) is 9.36 Å². The van der Waals surface area contributed by atoms with Crippen LogP contribution in [0.3, 0.4) is 0 Å². The summed E-state index contributed by atoms with van der Waals surface area (Å²) in [5.41, 5.74) is 6.85. The molecule has 35 heavy (non-hydrogen) atoms. The number of ether oxygens (including phenoxy) is 2. The summed E-state index contributed by atoms with van der Waals surface area (Å²) in [4.78, 5) is 18.7. The third kappa shape index (κ3) is 3.89. The molecule has 0 fully saturated rings. The monoisotopic (exact) mass is 468 g/mol. The number of carbonyl (C=O) groups is 1. The second-order valence-electron chi connectivity index (χ2n) is 8.74. The number of hydrogen-bond donors (Lipinski definition) is 2. The first kappa shape index (κ1) is 22.5. The molecule has 2 heterocycles. The first-order valence-corrected chi connectivity index (χ1v) is 11.5. The number of anilines is 2. The fourth-order valence-corrected chi connectivity index (χ4v) is 4.74. The number of fused-ring (bicyclic) bond motifs is 3. The first-order chi connectivity index (χ1) is 16.9. The fourth-order valence-electron chi connectivity index (χ4n) is 4.74. The Labute approximate surface area is 204 Å². The van der Waals surface area contributed by atoms with Gasteiger partial charge >= 0.3 is 0 Å². The van der Waals surface area contributed by atoms with Gasteiger partial charge in [0.05, 0.1) is 36.9 Å². The molecule has 1 aliphatic rings. The molecule has 7 nitrogen and oxygen atoms in total. The number of benzene rings is 3. The predicted molar refractivity (Wildman–Crippen MR) is 138 cm³/mol. The van der Waals surface area contributed by atoms with Crippen molar-refractivity contribution in [1.82, 2.24) is 9.55 Å². The minimum Gasteiger partial charge on any atom is -0.497 e. The van der Waals surface area contributed by atoms with Crippen molar-refractivity contribution in [2.24, 2.45) is 0 Å². The van der Waals surface area contributed by atoms with E-state index in [9.17, 15) is 4.79 Å². The molecule has 1 aliphatic heterocycles. The van der Waals surface area contributed by atoms with E-state index in [2.05, 4.69) is 21.3 Å². The normalized spacial score (nSPS) is 14.9. The maximum absolute atomic E-state index is 13.9. The van der Waals surface area contributed by atoms with Gasteiger partial charge in [0.25, 0.3) is 5.91 Å². The van der Waals surface area contributed by atoms with E-state index < -0.39 is 6.04 Å². The van der Waals surface area contributed by atoms with Crippen LogP contribution in [0.1, 0.15) is 29.7 Å². The van der Waals surface area contributed by atoms with Crippen molar-refractivity contribution >= 4 is 28.6 Å². The Kier molecular flexibility index (Phi) is 5.68. The lowest BCUT2D eigenvalue weighted by molar-refractivity contribution is -0.113. The number of rotatable bonds is 5. The molecule has 178 valence electrons. The summed E-state index contributed by atoms with van der Waals surface area (Å²) in [5.74, 6) is 1.80. The van der Waals surface area contributed by atoms with Crippen LogP contribution in [0.4, 0.5) is 11.6 Å². The van der Waals surface area contributed by atoms with Crippen LogP contribution in [0.15, 0.2) is 71.9 Å². The molecule has 0 bridgehead atoms. The molecule has 1 amide bonds. The molecule has 0 spiro atoms. The van der Waals surface area contributed by atoms with Crippen molar-refractivity contribution in [3.05, 3.63) is 88.6 Å². The zero-order valence-electron chi connectivity index (χ0n) is 20.5. The highest BCUT2D eigenvalue weighted by atomic mass is 16.5. The van der Waals surface area contributed by atoms with Crippen LogP contribution in [-0.2, 0) is 4.79 Å². The van der Waals surface area contributed by atoms with Gasteiger partial charge in [-0.25, -0.2) is 4.98 Å². The molecule has 2 N–H and O–H groups in total. The van der Waals surface area contributed by atoms with Crippen molar-refractivity contribution < 1.29 is 14.3 Å². The number of aryl methyl sites for hydroxylation is 2. The van der Waals surface area contributed by atoms with Crippen LogP contribution < -0.4 is 20.1 Å². The average Bonchev–Trinajstić information content (AvgIpc) is 3.22. The van der Waals surface area contributed by atoms with Crippen molar-refractivity contribution in [2.75, 3.05) is 24.9 Å². The summed E-state index contributed by atoms with van der Waals surface area (Å²) < 4.78 is 13.2. The number of allylic oxidation sites excluding steroid dienone is 1. The van der Waals surface area contributed by atoms with Gasteiger partial charge in [0.2, 0.25) is 5.95 Å². The number of carbonyl (C=O) groups excluding carboxylic acids is 1. The summed E-state index contributed by atoms with van der Waals surface area (Å²) in [6.07, 6.45) is 0. The van der Waals surface area contributed by atoms with E-state index in [-0.39, 0.29) is 5.91 Å². The van der Waals surface area contributed by atoms with Crippen LogP contribution in [0.25, 0.3) is 11.0 Å². The van der Waals surface area contributed by atoms with E-state index in [1.165, 1.54) is 0 Å². The van der Waals surface area contributed by atoms with Crippen LogP contribution in [0, 0.1) is 13.8 Å². The standard InChI is InChI=1S/C28H28N4O3/c1-16-10-13-21(17(2)14-16)30-27(33)25-18(3)29-28-31-22-8-6-7-9-23(22)32(28)26(25)20-12-11-19(34-4)15-24(20)35-5/h6-15,26H,1-5H3,(H,29,31)(H,30,33)/t26-/m1/s1. The van der Waals surface area contributed by atoms with Crippen LogP contribution in [-0.4, -0.2) is 29.7 Å². The maximum Gasteiger partial charge on any atom is 0.255 e. The minimum atomic E-state index is -0.467. The predicted octanol–water partition coefficient (Wildman–Crippen LogP) is 5.60. The van der Waals surface area contributed by atoms with Crippen LogP contribution in [0.5, 0.6) is 11.5 Å². The third-order valence-electron chi connectivity index (χ3n) is 6.44. The van der Waals surface area contributed by atoms with Crippen LogP contribution >= 0.6 is 0 Å². The lowest BCUT2D eigenvalue weighted by Gasteiger charge is -2.31. The zero-order chi connectivity index (χ0) is 24.7. The number of para-hydroxylation sites is 2. The Morgan fingerprint density at radius 2 is 1.80 bits per heavy atom. The number of aromatic nitrogens is 2.